The lowest BCUT2D eigenvalue weighted by Gasteiger charge is -2.14. The fourth-order valence-electron chi connectivity index (χ4n) is 3.78. The minimum absolute atomic E-state index is 0.00818. The summed E-state index contributed by atoms with van der Waals surface area (Å²) in [6, 6.07) is 15.4. The second-order valence-corrected chi connectivity index (χ2v) is 8.38. The number of halogens is 3. The zero-order valence-corrected chi connectivity index (χ0v) is 20.2. The maximum Gasteiger partial charge on any atom is 0.416 e. The van der Waals surface area contributed by atoms with E-state index in [1.54, 1.807) is 25.3 Å². The van der Waals surface area contributed by atoms with E-state index in [9.17, 15) is 18.0 Å². The van der Waals surface area contributed by atoms with Crippen molar-refractivity contribution in [3.05, 3.63) is 83.2 Å². The molecule has 0 aliphatic heterocycles. The molecule has 1 N–H and O–H groups in total. The minimum Gasteiger partial charge on any atom is -0.497 e. The van der Waals surface area contributed by atoms with Crippen molar-refractivity contribution in [2.24, 2.45) is 7.05 Å². The maximum absolute atomic E-state index is 12.8. The number of carbonyl (C=O) groups is 1. The van der Waals surface area contributed by atoms with Gasteiger partial charge in [-0.3, -0.25) is 4.79 Å². The Labute approximate surface area is 211 Å². The van der Waals surface area contributed by atoms with Crippen LogP contribution in [0.1, 0.15) is 28.9 Å². The van der Waals surface area contributed by atoms with Crippen molar-refractivity contribution in [2.75, 3.05) is 7.11 Å². The van der Waals surface area contributed by atoms with Gasteiger partial charge in [0.2, 0.25) is 0 Å². The smallest absolute Gasteiger partial charge is 0.416 e. The average Bonchev–Trinajstić information content (AvgIpc) is 3.19. The number of carboxylic acids is 1. The van der Waals surface area contributed by atoms with Crippen LogP contribution in [0.5, 0.6) is 17.2 Å². The van der Waals surface area contributed by atoms with E-state index in [-0.39, 0.29) is 26.1 Å². The number of benzene rings is 3. The van der Waals surface area contributed by atoms with Gasteiger partial charge in [-0.1, -0.05) is 18.2 Å². The third kappa shape index (κ3) is 6.32. The molecular weight excluding hydrogens is 489 g/mol. The van der Waals surface area contributed by atoms with Crippen LogP contribution in [0.15, 0.2) is 60.7 Å². The van der Waals surface area contributed by atoms with Gasteiger partial charge in [-0.05, 0) is 47.9 Å². The number of fused-ring (bicyclic) bond motifs is 1. The largest absolute Gasteiger partial charge is 0.497 e. The van der Waals surface area contributed by atoms with Gasteiger partial charge in [-0.25, -0.2) is 4.98 Å². The number of aryl methyl sites for hydroxylation is 2. The van der Waals surface area contributed by atoms with Gasteiger partial charge in [0, 0.05) is 25.6 Å². The first-order chi connectivity index (χ1) is 17.6. The fraction of sp³-hybridized carbons (Fsp3) is 0.259. The van der Waals surface area contributed by atoms with E-state index in [2.05, 4.69) is 4.98 Å². The third-order valence-electron chi connectivity index (χ3n) is 5.87. The number of rotatable bonds is 10. The van der Waals surface area contributed by atoms with Gasteiger partial charge in [-0.15, -0.1) is 0 Å². The molecule has 0 radical (unpaired) electrons. The molecule has 194 valence electrons. The summed E-state index contributed by atoms with van der Waals surface area (Å²) in [5.41, 5.74) is 2.14. The highest BCUT2D eigenvalue weighted by Gasteiger charge is 2.29. The van der Waals surface area contributed by atoms with Crippen molar-refractivity contribution in [2.45, 2.75) is 32.2 Å². The lowest BCUT2D eigenvalue weighted by Crippen LogP contribution is -2.06. The summed E-state index contributed by atoms with van der Waals surface area (Å²) in [6.45, 7) is 0.175. The van der Waals surface area contributed by atoms with Crippen LogP contribution in [-0.4, -0.2) is 27.7 Å². The highest BCUT2D eigenvalue weighted by molar-refractivity contribution is 5.77. The topological polar surface area (TPSA) is 82.8 Å². The highest BCUT2D eigenvalue weighted by atomic mass is 19.4. The van der Waals surface area contributed by atoms with Crippen LogP contribution >= 0.6 is 0 Å². The first-order valence-corrected chi connectivity index (χ1v) is 11.4. The zero-order chi connectivity index (χ0) is 26.6. The van der Waals surface area contributed by atoms with Crippen molar-refractivity contribution in [1.29, 1.82) is 0 Å². The summed E-state index contributed by atoms with van der Waals surface area (Å²) >= 11 is 0. The van der Waals surface area contributed by atoms with E-state index in [0.717, 1.165) is 28.9 Å². The summed E-state index contributed by atoms with van der Waals surface area (Å²) in [5, 5.41) is 9.07. The lowest BCUT2D eigenvalue weighted by molar-refractivity contribution is -0.138. The number of alkyl halides is 3. The SMILES string of the molecule is COc1ccc2nc(COc3ccc(CCC(=O)O)c(OCc4ccc(C(F)(F)F)cc4)c3)n(C)c2c1. The fourth-order valence-corrected chi connectivity index (χ4v) is 3.78. The second kappa shape index (κ2) is 10.8. The van der Waals surface area contributed by atoms with E-state index in [1.807, 2.05) is 29.8 Å². The normalized spacial score (nSPS) is 11.5. The number of aliphatic carboxylic acids is 1. The van der Waals surface area contributed by atoms with Gasteiger partial charge in [0.25, 0.3) is 0 Å². The molecule has 1 heterocycles. The lowest BCUT2D eigenvalue weighted by atomic mass is 10.1. The number of carboxylic acid groups (broad SMARTS) is 1. The van der Waals surface area contributed by atoms with E-state index < -0.39 is 17.7 Å². The molecule has 10 heteroatoms. The molecule has 3 aromatic carbocycles. The molecule has 0 saturated heterocycles. The number of methoxy groups -OCH3 is 1. The number of imidazole rings is 1. The van der Waals surface area contributed by atoms with E-state index in [1.165, 1.54) is 12.1 Å². The number of hydrogen-bond donors (Lipinski definition) is 1. The van der Waals surface area contributed by atoms with Crippen LogP contribution in [0.4, 0.5) is 13.2 Å². The van der Waals surface area contributed by atoms with Crippen molar-refractivity contribution >= 4 is 17.0 Å². The van der Waals surface area contributed by atoms with Crippen molar-refractivity contribution in [3.8, 4) is 17.2 Å². The first-order valence-electron chi connectivity index (χ1n) is 11.4. The molecule has 0 aliphatic rings. The van der Waals surface area contributed by atoms with Crippen molar-refractivity contribution in [3.63, 3.8) is 0 Å². The Morgan fingerprint density at radius 2 is 1.70 bits per heavy atom. The molecule has 37 heavy (non-hydrogen) atoms. The summed E-state index contributed by atoms with van der Waals surface area (Å²) < 4.78 is 57.5. The van der Waals surface area contributed by atoms with Crippen LogP contribution in [0.3, 0.4) is 0 Å². The predicted molar refractivity (Wildman–Crippen MR) is 130 cm³/mol. The molecule has 4 aromatic rings. The Balaban J connectivity index is 1.50. The molecule has 0 unspecified atom stereocenters. The number of hydrogen-bond acceptors (Lipinski definition) is 5. The highest BCUT2D eigenvalue weighted by Crippen LogP contribution is 2.31. The Morgan fingerprint density at radius 3 is 2.38 bits per heavy atom. The van der Waals surface area contributed by atoms with Gasteiger partial charge >= 0.3 is 12.1 Å². The van der Waals surface area contributed by atoms with Gasteiger partial charge in [0.05, 0.1) is 23.7 Å². The number of nitrogens with zero attached hydrogens (tertiary/aromatic N) is 2. The maximum atomic E-state index is 12.8. The molecule has 4 rings (SSSR count). The summed E-state index contributed by atoms with van der Waals surface area (Å²) in [6.07, 6.45) is -4.29. The zero-order valence-electron chi connectivity index (χ0n) is 20.2. The molecule has 0 saturated carbocycles. The molecule has 0 amide bonds. The standard InChI is InChI=1S/C27H25F3N2O5/c1-32-23-13-20(35-2)10-11-22(23)31-25(32)16-36-21-9-5-18(6-12-26(33)34)24(14-21)37-15-17-3-7-19(8-4-17)27(28,29)30/h3-5,7-11,13-14H,6,12,15-16H2,1-2H3,(H,33,34). The average molecular weight is 515 g/mol. The van der Waals surface area contributed by atoms with E-state index in [4.69, 9.17) is 19.3 Å². The monoisotopic (exact) mass is 514 g/mol. The minimum atomic E-state index is -4.42. The molecule has 0 aliphatic carbocycles. The van der Waals surface area contributed by atoms with E-state index >= 15 is 0 Å². The molecule has 0 spiro atoms. The summed E-state index contributed by atoms with van der Waals surface area (Å²) in [7, 11) is 3.47. The Bertz CT molecular complexity index is 1400. The second-order valence-electron chi connectivity index (χ2n) is 8.38. The molecule has 1 aromatic heterocycles. The Morgan fingerprint density at radius 1 is 0.973 bits per heavy atom. The van der Waals surface area contributed by atoms with E-state index in [0.29, 0.717) is 28.5 Å². The quantitative estimate of drug-likeness (QED) is 0.289. The van der Waals surface area contributed by atoms with Crippen LogP contribution < -0.4 is 14.2 Å². The number of ether oxygens (including phenoxy) is 3. The van der Waals surface area contributed by atoms with Crippen LogP contribution in [0, 0.1) is 0 Å². The molecule has 0 fully saturated rings. The summed E-state index contributed by atoms with van der Waals surface area (Å²) in [4.78, 5) is 15.7. The van der Waals surface area contributed by atoms with Gasteiger partial charge < -0.3 is 23.9 Å². The Kier molecular flexibility index (Phi) is 7.56. The van der Waals surface area contributed by atoms with Gasteiger partial charge in [0.1, 0.15) is 36.3 Å². The summed E-state index contributed by atoms with van der Waals surface area (Å²) in [5.74, 6) is 1.33. The first kappa shape index (κ1) is 25.9. The van der Waals surface area contributed by atoms with Gasteiger partial charge in [-0.2, -0.15) is 13.2 Å². The third-order valence-corrected chi connectivity index (χ3v) is 5.87. The number of aromatic nitrogens is 2. The van der Waals surface area contributed by atoms with Crippen LogP contribution in [-0.2, 0) is 37.7 Å². The van der Waals surface area contributed by atoms with Crippen LogP contribution in [0.2, 0.25) is 0 Å². The van der Waals surface area contributed by atoms with Crippen molar-refractivity contribution in [1.82, 2.24) is 9.55 Å². The molecule has 0 atom stereocenters. The van der Waals surface area contributed by atoms with Crippen LogP contribution in [0.25, 0.3) is 11.0 Å². The van der Waals surface area contributed by atoms with Crippen molar-refractivity contribution < 1.29 is 37.3 Å². The molecular formula is C27H25F3N2O5. The predicted octanol–water partition coefficient (Wildman–Crippen LogP) is 5.78. The molecule has 7 nitrogen and oxygen atoms in total. The Hall–Kier alpha value is -4.21. The molecule has 0 bridgehead atoms. The van der Waals surface area contributed by atoms with Gasteiger partial charge in [0.15, 0.2) is 0 Å².